The normalized spacial score (nSPS) is 16.0. The average molecular weight is 341 g/mol. The van der Waals surface area contributed by atoms with E-state index in [1.54, 1.807) is 0 Å². The highest BCUT2D eigenvalue weighted by Gasteiger charge is 2.28. The molecule has 22 heavy (non-hydrogen) atoms. The Morgan fingerprint density at radius 3 is 2.09 bits per heavy atom. The number of halogens is 4. The van der Waals surface area contributed by atoms with Gasteiger partial charge in [0.25, 0.3) is 0 Å². The molecule has 1 saturated carbocycles. The summed E-state index contributed by atoms with van der Waals surface area (Å²) in [5, 5.41) is 12.5. The van der Waals surface area contributed by atoms with Crippen LogP contribution in [0.25, 0.3) is 0 Å². The van der Waals surface area contributed by atoms with E-state index in [4.69, 9.17) is 4.74 Å². The van der Waals surface area contributed by atoms with Gasteiger partial charge >= 0.3 is 0 Å². The lowest BCUT2D eigenvalue weighted by atomic mass is 9.90. The highest BCUT2D eigenvalue weighted by atomic mass is 32.2. The van der Waals surface area contributed by atoms with Gasteiger partial charge < -0.3 is 9.99 Å². The topological polar surface area (TPSA) is 50.8 Å². The molecule has 9 heteroatoms. The van der Waals surface area contributed by atoms with Gasteiger partial charge in [-0.05, 0) is 18.8 Å². The molecule has 2 rings (SSSR count). The maximum absolute atomic E-state index is 13.8. The van der Waals surface area contributed by atoms with Crippen LogP contribution in [-0.2, 0) is 9.37 Å². The summed E-state index contributed by atoms with van der Waals surface area (Å²) >= 11 is -0.263. The van der Waals surface area contributed by atoms with Gasteiger partial charge in [0.1, 0.15) is 4.90 Å². The largest absolute Gasteiger partial charge is 0.691 e. The Labute approximate surface area is 128 Å². The first-order valence-electron chi connectivity index (χ1n) is 6.68. The van der Waals surface area contributed by atoms with Crippen LogP contribution >= 0.6 is 12.0 Å². The van der Waals surface area contributed by atoms with E-state index in [1.165, 1.54) is 0 Å². The summed E-state index contributed by atoms with van der Waals surface area (Å²) in [6, 6.07) is 0. The van der Waals surface area contributed by atoms with Gasteiger partial charge in [-0.3, -0.25) is 5.04 Å². The van der Waals surface area contributed by atoms with Crippen molar-refractivity contribution in [1.29, 1.82) is 0 Å². The molecule has 0 bridgehead atoms. The van der Waals surface area contributed by atoms with Crippen LogP contribution in [0.1, 0.15) is 32.1 Å². The summed E-state index contributed by atoms with van der Waals surface area (Å²) in [6.07, 6.45) is 4.76. The Balaban J connectivity index is 2.16. The summed E-state index contributed by atoms with van der Waals surface area (Å²) in [5.74, 6) is -7.77. The molecule has 0 radical (unpaired) electrons. The Morgan fingerprint density at radius 2 is 1.55 bits per heavy atom. The van der Waals surface area contributed by atoms with Crippen molar-refractivity contribution in [3.8, 4) is 5.75 Å². The van der Waals surface area contributed by atoms with E-state index in [9.17, 15) is 22.8 Å². The molecule has 1 aromatic carbocycles. The summed E-state index contributed by atoms with van der Waals surface area (Å²) in [4.78, 5) is -1.16. The molecule has 4 nitrogen and oxygen atoms in total. The van der Waals surface area contributed by atoms with E-state index in [-0.39, 0.29) is 24.6 Å². The van der Waals surface area contributed by atoms with Crippen molar-refractivity contribution in [3.63, 3.8) is 0 Å². The molecular formula is C13H13F4O4S-. The first kappa shape index (κ1) is 17.3. The van der Waals surface area contributed by atoms with E-state index < -0.39 is 33.9 Å². The molecule has 1 aliphatic carbocycles. The minimum Gasteiger partial charge on any atom is -0.691 e. The lowest BCUT2D eigenvalue weighted by Crippen LogP contribution is -2.17. The van der Waals surface area contributed by atoms with Gasteiger partial charge in [-0.15, -0.1) is 0 Å². The van der Waals surface area contributed by atoms with Gasteiger partial charge in [0.15, 0.2) is 17.4 Å². The number of hydrogen-bond donors (Lipinski definition) is 0. The standard InChI is InChI=1S/C13H14F4O4S/c14-8-10(16)13(22-21-20-18)11(17)9(15)12(8)19-6-7-4-2-1-3-5-7/h7,18H,1-6H2/p-1. The van der Waals surface area contributed by atoms with Gasteiger partial charge in [-0.2, -0.15) is 13.1 Å². The Bertz CT molecular complexity index is 494. The van der Waals surface area contributed by atoms with Gasteiger partial charge in [-0.1, -0.05) is 19.3 Å². The predicted octanol–water partition coefficient (Wildman–Crippen LogP) is 3.43. The molecule has 0 saturated heterocycles. The van der Waals surface area contributed by atoms with Crippen molar-refractivity contribution in [2.45, 2.75) is 37.0 Å². The van der Waals surface area contributed by atoms with Gasteiger partial charge in [0.2, 0.25) is 11.6 Å². The molecule has 0 unspecified atom stereocenters. The van der Waals surface area contributed by atoms with Crippen molar-refractivity contribution in [3.05, 3.63) is 23.3 Å². The van der Waals surface area contributed by atoms with E-state index >= 15 is 0 Å². The van der Waals surface area contributed by atoms with Crippen molar-refractivity contribution in [2.75, 3.05) is 6.61 Å². The van der Waals surface area contributed by atoms with E-state index in [2.05, 4.69) is 9.37 Å². The van der Waals surface area contributed by atoms with E-state index in [1.807, 2.05) is 0 Å². The van der Waals surface area contributed by atoms with Crippen molar-refractivity contribution >= 4 is 12.0 Å². The third-order valence-electron chi connectivity index (χ3n) is 3.52. The fourth-order valence-corrected chi connectivity index (χ4v) is 2.82. The van der Waals surface area contributed by atoms with Crippen molar-refractivity contribution in [1.82, 2.24) is 0 Å². The molecule has 0 atom stereocenters. The summed E-state index contributed by atoms with van der Waals surface area (Å²) in [5.41, 5.74) is 0. The summed E-state index contributed by atoms with van der Waals surface area (Å²) in [7, 11) is 0. The maximum Gasteiger partial charge on any atom is 0.205 e. The van der Waals surface area contributed by atoms with Crippen LogP contribution in [0.5, 0.6) is 5.75 Å². The molecule has 1 fully saturated rings. The molecule has 0 N–H and O–H groups in total. The lowest BCUT2D eigenvalue weighted by Gasteiger charge is -2.22. The van der Waals surface area contributed by atoms with E-state index in [0.717, 1.165) is 32.1 Å². The Morgan fingerprint density at radius 1 is 0.955 bits per heavy atom. The van der Waals surface area contributed by atoms with Crippen LogP contribution in [0.2, 0.25) is 0 Å². The Kier molecular flexibility index (Phi) is 6.30. The molecule has 124 valence electrons. The average Bonchev–Trinajstić information content (AvgIpc) is 2.54. The highest BCUT2D eigenvalue weighted by molar-refractivity contribution is 7.94. The highest BCUT2D eigenvalue weighted by Crippen LogP contribution is 2.36. The first-order valence-corrected chi connectivity index (χ1v) is 7.42. The fourth-order valence-electron chi connectivity index (χ4n) is 2.39. The molecule has 0 amide bonds. The minimum absolute atomic E-state index is 0.0145. The van der Waals surface area contributed by atoms with Crippen LogP contribution < -0.4 is 9.99 Å². The Hall–Kier alpha value is -1.03. The van der Waals surface area contributed by atoms with E-state index in [0.29, 0.717) is 0 Å². The molecule has 0 heterocycles. The van der Waals surface area contributed by atoms with Gasteiger partial charge in [0, 0.05) is 0 Å². The molecule has 0 spiro atoms. The molecule has 1 aromatic rings. The quantitative estimate of drug-likeness (QED) is 0.261. The predicted molar refractivity (Wildman–Crippen MR) is 66.4 cm³/mol. The number of benzene rings is 1. The zero-order valence-corrected chi connectivity index (χ0v) is 12.2. The molecular weight excluding hydrogens is 328 g/mol. The third-order valence-corrected chi connectivity index (χ3v) is 4.16. The first-order chi connectivity index (χ1) is 10.6. The summed E-state index contributed by atoms with van der Waals surface area (Å²) < 4.78 is 63.6. The SMILES string of the molecule is [O-]OOSc1c(F)c(F)c(OCC2CCCCC2)c(F)c1F. The second kappa shape index (κ2) is 8.00. The van der Waals surface area contributed by atoms with Crippen molar-refractivity contribution < 1.29 is 36.9 Å². The lowest BCUT2D eigenvalue weighted by molar-refractivity contribution is -0.777. The van der Waals surface area contributed by atoms with Gasteiger partial charge in [-0.25, -0.2) is 8.78 Å². The zero-order chi connectivity index (χ0) is 16.1. The minimum atomic E-state index is -1.71. The molecule has 0 aromatic heterocycles. The van der Waals surface area contributed by atoms with Crippen LogP contribution in [0.3, 0.4) is 0 Å². The maximum atomic E-state index is 13.8. The number of rotatable bonds is 6. The third kappa shape index (κ3) is 3.83. The second-order valence-electron chi connectivity index (χ2n) is 4.95. The van der Waals surface area contributed by atoms with Crippen LogP contribution in [-0.4, -0.2) is 6.61 Å². The zero-order valence-electron chi connectivity index (χ0n) is 11.4. The molecule has 1 aliphatic rings. The number of ether oxygens (including phenoxy) is 1. The summed E-state index contributed by atoms with van der Waals surface area (Å²) in [6.45, 7) is -0.0145. The second-order valence-corrected chi connectivity index (χ2v) is 5.66. The smallest absolute Gasteiger partial charge is 0.205 e. The molecule has 0 aliphatic heterocycles. The van der Waals surface area contributed by atoms with Crippen molar-refractivity contribution in [2.24, 2.45) is 5.92 Å². The fraction of sp³-hybridized carbons (Fsp3) is 0.538. The van der Waals surface area contributed by atoms with Crippen LogP contribution in [0.15, 0.2) is 4.90 Å². The van der Waals surface area contributed by atoms with Crippen LogP contribution in [0, 0.1) is 29.2 Å². The van der Waals surface area contributed by atoms with Crippen LogP contribution in [0.4, 0.5) is 17.6 Å². The van der Waals surface area contributed by atoms with Gasteiger partial charge in [0.05, 0.1) is 18.6 Å². The number of hydrogen-bond acceptors (Lipinski definition) is 5. The monoisotopic (exact) mass is 341 g/mol.